The van der Waals surface area contributed by atoms with Crippen molar-refractivity contribution in [3.8, 4) is 0 Å². The van der Waals surface area contributed by atoms with Crippen molar-refractivity contribution in [1.29, 1.82) is 0 Å². The molecule has 1 amide bonds. The zero-order chi connectivity index (χ0) is 14.1. The van der Waals surface area contributed by atoms with E-state index in [-0.39, 0.29) is 5.91 Å². The lowest BCUT2D eigenvalue weighted by Crippen LogP contribution is -2.36. The molecule has 0 bridgehead atoms. The summed E-state index contributed by atoms with van der Waals surface area (Å²) in [4.78, 5) is 14.5. The highest BCUT2D eigenvalue weighted by molar-refractivity contribution is 5.95. The van der Waals surface area contributed by atoms with E-state index < -0.39 is 0 Å². The number of carbonyl (C=O) groups excluding carboxylic acids is 1. The number of benzene rings is 2. The van der Waals surface area contributed by atoms with Gasteiger partial charge >= 0.3 is 0 Å². The first-order chi connectivity index (χ1) is 9.66. The second-order valence-electron chi connectivity index (χ2n) is 5.28. The minimum atomic E-state index is 0.108. The minimum Gasteiger partial charge on any atom is -0.398 e. The van der Waals surface area contributed by atoms with Gasteiger partial charge in [-0.2, -0.15) is 0 Å². The third kappa shape index (κ3) is 2.16. The van der Waals surface area contributed by atoms with Crippen molar-refractivity contribution in [3.63, 3.8) is 0 Å². The molecule has 0 aliphatic carbocycles. The first kappa shape index (κ1) is 12.7. The Kier molecular flexibility index (Phi) is 3.18. The predicted octanol–water partition coefficient (Wildman–Crippen LogP) is 2.78. The van der Waals surface area contributed by atoms with Crippen molar-refractivity contribution in [2.75, 3.05) is 12.3 Å². The van der Waals surface area contributed by atoms with Gasteiger partial charge in [-0.3, -0.25) is 4.79 Å². The standard InChI is InChI=1S/C17H18N2O/c1-12-5-2-3-7-14(12)17(20)19-10-9-15-13(11-19)6-4-8-16(15)18/h2-8H,9-11,18H2,1H3. The summed E-state index contributed by atoms with van der Waals surface area (Å²) >= 11 is 0. The fraction of sp³-hybridized carbons (Fsp3) is 0.235. The molecule has 3 rings (SSSR count). The maximum Gasteiger partial charge on any atom is 0.254 e. The number of rotatable bonds is 1. The fourth-order valence-corrected chi connectivity index (χ4v) is 2.80. The Morgan fingerprint density at radius 2 is 1.95 bits per heavy atom. The smallest absolute Gasteiger partial charge is 0.254 e. The van der Waals surface area contributed by atoms with Gasteiger partial charge in [-0.1, -0.05) is 30.3 Å². The van der Waals surface area contributed by atoms with Crippen LogP contribution in [0.25, 0.3) is 0 Å². The molecule has 0 saturated carbocycles. The van der Waals surface area contributed by atoms with Gasteiger partial charge in [0.25, 0.3) is 5.91 Å². The van der Waals surface area contributed by atoms with Gasteiger partial charge in [0.05, 0.1) is 0 Å². The van der Waals surface area contributed by atoms with E-state index in [1.54, 1.807) is 0 Å². The monoisotopic (exact) mass is 266 g/mol. The van der Waals surface area contributed by atoms with E-state index in [0.717, 1.165) is 35.3 Å². The molecule has 0 saturated heterocycles. The molecule has 0 spiro atoms. The summed E-state index contributed by atoms with van der Waals surface area (Å²) in [6.45, 7) is 3.35. The fourth-order valence-electron chi connectivity index (χ4n) is 2.80. The molecule has 0 fully saturated rings. The van der Waals surface area contributed by atoms with Gasteiger partial charge in [0.2, 0.25) is 0 Å². The van der Waals surface area contributed by atoms with E-state index in [9.17, 15) is 4.79 Å². The predicted molar refractivity (Wildman–Crippen MR) is 80.5 cm³/mol. The van der Waals surface area contributed by atoms with E-state index >= 15 is 0 Å². The Hall–Kier alpha value is -2.29. The van der Waals surface area contributed by atoms with E-state index in [1.165, 1.54) is 5.56 Å². The molecule has 0 radical (unpaired) electrons. The molecular weight excluding hydrogens is 248 g/mol. The Balaban J connectivity index is 1.88. The second-order valence-corrected chi connectivity index (χ2v) is 5.28. The lowest BCUT2D eigenvalue weighted by Gasteiger charge is -2.30. The van der Waals surface area contributed by atoms with Crippen LogP contribution >= 0.6 is 0 Å². The zero-order valence-corrected chi connectivity index (χ0v) is 11.6. The quantitative estimate of drug-likeness (QED) is 0.807. The van der Waals surface area contributed by atoms with Crippen LogP contribution in [0, 0.1) is 6.92 Å². The molecule has 1 aliphatic rings. The van der Waals surface area contributed by atoms with Crippen molar-refractivity contribution in [2.24, 2.45) is 0 Å². The van der Waals surface area contributed by atoms with Gasteiger partial charge in [0.1, 0.15) is 0 Å². The van der Waals surface area contributed by atoms with E-state index in [1.807, 2.05) is 48.2 Å². The summed E-state index contributed by atoms with van der Waals surface area (Å²) in [6.07, 6.45) is 0.833. The zero-order valence-electron chi connectivity index (χ0n) is 11.6. The maximum atomic E-state index is 12.6. The number of hydrogen-bond acceptors (Lipinski definition) is 2. The largest absolute Gasteiger partial charge is 0.398 e. The average Bonchev–Trinajstić information content (AvgIpc) is 2.47. The van der Waals surface area contributed by atoms with Crippen LogP contribution in [0.4, 0.5) is 5.69 Å². The summed E-state index contributed by atoms with van der Waals surface area (Å²) in [5.74, 6) is 0.108. The number of carbonyl (C=O) groups is 1. The first-order valence-electron chi connectivity index (χ1n) is 6.88. The minimum absolute atomic E-state index is 0.108. The number of nitrogens with zero attached hydrogens (tertiary/aromatic N) is 1. The number of aryl methyl sites for hydroxylation is 1. The topological polar surface area (TPSA) is 46.3 Å². The molecule has 2 aromatic rings. The number of fused-ring (bicyclic) bond motifs is 1. The van der Waals surface area contributed by atoms with Crippen LogP contribution in [0.15, 0.2) is 42.5 Å². The number of amides is 1. The van der Waals surface area contributed by atoms with Crippen LogP contribution < -0.4 is 5.73 Å². The third-order valence-corrected chi connectivity index (χ3v) is 3.96. The molecule has 20 heavy (non-hydrogen) atoms. The molecule has 3 heteroatoms. The summed E-state index contributed by atoms with van der Waals surface area (Å²) in [5.41, 5.74) is 11.0. The Bertz CT molecular complexity index is 664. The van der Waals surface area contributed by atoms with E-state index in [2.05, 4.69) is 6.07 Å². The van der Waals surface area contributed by atoms with Gasteiger partial charge in [0.15, 0.2) is 0 Å². The van der Waals surface area contributed by atoms with Crippen LogP contribution in [-0.4, -0.2) is 17.4 Å². The highest BCUT2D eigenvalue weighted by atomic mass is 16.2. The molecule has 3 nitrogen and oxygen atoms in total. The summed E-state index contributed by atoms with van der Waals surface area (Å²) in [6, 6.07) is 13.7. The molecule has 2 N–H and O–H groups in total. The number of nitrogens with two attached hydrogens (primary N) is 1. The highest BCUT2D eigenvalue weighted by Gasteiger charge is 2.23. The maximum absolute atomic E-state index is 12.6. The molecule has 0 unspecified atom stereocenters. The Morgan fingerprint density at radius 3 is 2.75 bits per heavy atom. The Labute approximate surface area is 119 Å². The van der Waals surface area contributed by atoms with Gasteiger partial charge in [-0.05, 0) is 42.2 Å². The van der Waals surface area contributed by atoms with Crippen LogP contribution in [0.5, 0.6) is 0 Å². The van der Waals surface area contributed by atoms with Crippen molar-refractivity contribution >= 4 is 11.6 Å². The summed E-state index contributed by atoms with van der Waals surface area (Å²) in [7, 11) is 0. The lowest BCUT2D eigenvalue weighted by molar-refractivity contribution is 0.0734. The first-order valence-corrected chi connectivity index (χ1v) is 6.88. The summed E-state index contributed by atoms with van der Waals surface area (Å²) in [5, 5.41) is 0. The van der Waals surface area contributed by atoms with Crippen molar-refractivity contribution in [1.82, 2.24) is 4.90 Å². The van der Waals surface area contributed by atoms with E-state index in [0.29, 0.717) is 6.54 Å². The number of hydrogen-bond donors (Lipinski definition) is 1. The van der Waals surface area contributed by atoms with Gasteiger partial charge in [-0.15, -0.1) is 0 Å². The van der Waals surface area contributed by atoms with Crippen LogP contribution in [0.2, 0.25) is 0 Å². The SMILES string of the molecule is Cc1ccccc1C(=O)N1CCc2c(N)cccc2C1. The second kappa shape index (κ2) is 5.00. The molecule has 2 aromatic carbocycles. The van der Waals surface area contributed by atoms with Crippen LogP contribution in [-0.2, 0) is 13.0 Å². The normalized spacial score (nSPS) is 13.9. The highest BCUT2D eigenvalue weighted by Crippen LogP contribution is 2.25. The molecule has 0 aromatic heterocycles. The van der Waals surface area contributed by atoms with Gasteiger partial charge in [-0.25, -0.2) is 0 Å². The van der Waals surface area contributed by atoms with Crippen molar-refractivity contribution < 1.29 is 4.79 Å². The van der Waals surface area contributed by atoms with Crippen molar-refractivity contribution in [2.45, 2.75) is 19.9 Å². The number of nitrogen functional groups attached to an aromatic ring is 1. The van der Waals surface area contributed by atoms with E-state index in [4.69, 9.17) is 5.73 Å². The number of anilines is 1. The lowest BCUT2D eigenvalue weighted by atomic mass is 9.97. The van der Waals surface area contributed by atoms with Crippen molar-refractivity contribution in [3.05, 3.63) is 64.7 Å². The average molecular weight is 266 g/mol. The van der Waals surface area contributed by atoms with Gasteiger partial charge < -0.3 is 10.6 Å². The Morgan fingerprint density at radius 1 is 1.15 bits per heavy atom. The van der Waals surface area contributed by atoms with Crippen LogP contribution in [0.1, 0.15) is 27.0 Å². The molecule has 0 atom stereocenters. The molecule has 1 heterocycles. The third-order valence-electron chi connectivity index (χ3n) is 3.96. The van der Waals surface area contributed by atoms with Gasteiger partial charge in [0, 0.05) is 24.3 Å². The van der Waals surface area contributed by atoms with Crippen LogP contribution in [0.3, 0.4) is 0 Å². The molecular formula is C17H18N2O. The summed E-state index contributed by atoms with van der Waals surface area (Å²) < 4.78 is 0. The molecule has 102 valence electrons. The molecule has 1 aliphatic heterocycles.